The molecule has 3 rings (SSSR count). The smallest absolute Gasteiger partial charge is 0.267 e. The van der Waals surface area contributed by atoms with Gasteiger partial charge in [0.2, 0.25) is 5.13 Å². The number of nitrogens with one attached hydrogen (secondary N) is 1. The maximum absolute atomic E-state index is 11.9. The fourth-order valence-corrected chi connectivity index (χ4v) is 3.02. The molecule has 2 aromatic rings. The van der Waals surface area contributed by atoms with Gasteiger partial charge < -0.3 is 0 Å². The van der Waals surface area contributed by atoms with Gasteiger partial charge in [-0.25, -0.2) is 4.98 Å². The van der Waals surface area contributed by atoms with Gasteiger partial charge in [0.1, 0.15) is 0 Å². The van der Waals surface area contributed by atoms with E-state index in [0.717, 1.165) is 15.2 Å². The Morgan fingerprint density at radius 3 is 2.50 bits per heavy atom. The first kappa shape index (κ1) is 13.1. The van der Waals surface area contributed by atoms with Crippen LogP contribution in [-0.4, -0.2) is 21.8 Å². The lowest BCUT2D eigenvalue weighted by Gasteiger charge is -2.14. The molecule has 5 nitrogen and oxygen atoms in total. The molecule has 0 unspecified atom stereocenters. The van der Waals surface area contributed by atoms with E-state index in [2.05, 4.69) is 10.4 Å². The zero-order valence-electron chi connectivity index (χ0n) is 10.7. The lowest BCUT2D eigenvalue weighted by atomic mass is 10.2. The van der Waals surface area contributed by atoms with Crippen molar-refractivity contribution in [1.82, 2.24) is 9.99 Å². The SMILES string of the molecule is CC1=C(C)C(=O)N(Nc2nc3ccc(Cl)cc3s2)C1=O. The minimum atomic E-state index is -0.343. The Balaban J connectivity index is 1.91. The van der Waals surface area contributed by atoms with E-state index in [0.29, 0.717) is 21.3 Å². The van der Waals surface area contributed by atoms with E-state index in [9.17, 15) is 9.59 Å². The summed E-state index contributed by atoms with van der Waals surface area (Å²) < 4.78 is 0.889. The second kappa shape index (κ2) is 4.57. The number of carbonyl (C=O) groups is 2. The average Bonchev–Trinajstić information content (AvgIpc) is 2.89. The maximum Gasteiger partial charge on any atom is 0.275 e. The summed E-state index contributed by atoms with van der Waals surface area (Å²) in [5, 5.41) is 2.09. The van der Waals surface area contributed by atoms with E-state index in [1.165, 1.54) is 11.3 Å². The topological polar surface area (TPSA) is 62.3 Å². The summed E-state index contributed by atoms with van der Waals surface area (Å²) in [7, 11) is 0. The van der Waals surface area contributed by atoms with Gasteiger partial charge in [0, 0.05) is 16.2 Å². The lowest BCUT2D eigenvalue weighted by molar-refractivity contribution is -0.135. The van der Waals surface area contributed by atoms with Gasteiger partial charge in [0.25, 0.3) is 11.8 Å². The highest BCUT2D eigenvalue weighted by Gasteiger charge is 2.34. The number of thiazole rings is 1. The van der Waals surface area contributed by atoms with E-state index in [-0.39, 0.29) is 11.8 Å². The number of hydrogen-bond donors (Lipinski definition) is 1. The van der Waals surface area contributed by atoms with Gasteiger partial charge in [-0.05, 0) is 32.0 Å². The van der Waals surface area contributed by atoms with Gasteiger partial charge in [-0.15, -0.1) is 0 Å². The molecule has 0 saturated heterocycles. The summed E-state index contributed by atoms with van der Waals surface area (Å²) in [5.41, 5.74) is 4.43. The average molecular weight is 308 g/mol. The summed E-state index contributed by atoms with van der Waals surface area (Å²) >= 11 is 7.25. The van der Waals surface area contributed by atoms with Crippen LogP contribution >= 0.6 is 22.9 Å². The molecule has 0 atom stereocenters. The van der Waals surface area contributed by atoms with Crippen LogP contribution < -0.4 is 5.43 Å². The van der Waals surface area contributed by atoms with Crippen molar-refractivity contribution in [3.05, 3.63) is 34.4 Å². The van der Waals surface area contributed by atoms with Crippen molar-refractivity contribution >= 4 is 50.1 Å². The van der Waals surface area contributed by atoms with Gasteiger partial charge in [-0.3, -0.25) is 15.0 Å². The number of hydrazine groups is 1. The Labute approximate surface area is 123 Å². The first-order valence-corrected chi connectivity index (χ1v) is 7.06. The van der Waals surface area contributed by atoms with Crippen molar-refractivity contribution in [3.8, 4) is 0 Å². The molecule has 1 N–H and O–H groups in total. The van der Waals surface area contributed by atoms with Crippen molar-refractivity contribution in [1.29, 1.82) is 0 Å². The number of rotatable bonds is 2. The molecule has 0 spiro atoms. The molecule has 0 aliphatic carbocycles. The molecule has 20 heavy (non-hydrogen) atoms. The number of fused-ring (bicyclic) bond motifs is 1. The number of benzene rings is 1. The second-order valence-electron chi connectivity index (χ2n) is 4.44. The molecule has 102 valence electrons. The number of anilines is 1. The van der Waals surface area contributed by atoms with Crippen LogP contribution in [0.4, 0.5) is 5.13 Å². The number of hydrogen-bond acceptors (Lipinski definition) is 5. The minimum Gasteiger partial charge on any atom is -0.267 e. The van der Waals surface area contributed by atoms with Gasteiger partial charge >= 0.3 is 0 Å². The van der Waals surface area contributed by atoms with Crippen LogP contribution in [0, 0.1) is 0 Å². The number of imide groups is 1. The van der Waals surface area contributed by atoms with Crippen molar-refractivity contribution in [3.63, 3.8) is 0 Å². The van der Waals surface area contributed by atoms with Gasteiger partial charge in [0.15, 0.2) is 0 Å². The van der Waals surface area contributed by atoms with Gasteiger partial charge in [-0.1, -0.05) is 22.9 Å². The number of nitrogens with zero attached hydrogens (tertiary/aromatic N) is 2. The molecule has 7 heteroatoms. The standard InChI is InChI=1S/C13H10ClN3O2S/c1-6-7(2)12(19)17(11(6)18)16-13-15-9-4-3-8(14)5-10(9)20-13/h3-5H,1-2H3,(H,15,16). The molecule has 2 amide bonds. The third-order valence-electron chi connectivity index (χ3n) is 3.17. The monoisotopic (exact) mass is 307 g/mol. The van der Waals surface area contributed by atoms with Crippen LogP contribution in [-0.2, 0) is 9.59 Å². The summed E-state index contributed by atoms with van der Waals surface area (Å²) in [6.45, 7) is 3.27. The summed E-state index contributed by atoms with van der Waals surface area (Å²) in [6.07, 6.45) is 0. The largest absolute Gasteiger partial charge is 0.275 e. The number of carbonyl (C=O) groups excluding carboxylic acids is 2. The summed E-state index contributed by atoms with van der Waals surface area (Å²) in [6, 6.07) is 5.33. The fourth-order valence-electron chi connectivity index (χ4n) is 1.89. The highest BCUT2D eigenvalue weighted by Crippen LogP contribution is 2.30. The normalized spacial score (nSPS) is 15.7. The van der Waals surface area contributed by atoms with Crippen molar-refractivity contribution in [2.24, 2.45) is 0 Å². The van der Waals surface area contributed by atoms with Crippen molar-refractivity contribution in [2.45, 2.75) is 13.8 Å². The molecule has 1 aliphatic rings. The highest BCUT2D eigenvalue weighted by atomic mass is 35.5. The van der Waals surface area contributed by atoms with Crippen LogP contribution in [0.1, 0.15) is 13.8 Å². The van der Waals surface area contributed by atoms with Crippen LogP contribution in [0.25, 0.3) is 10.2 Å². The molecule has 1 aromatic heterocycles. The molecule has 2 heterocycles. The quantitative estimate of drug-likeness (QED) is 0.866. The molecule has 1 aromatic carbocycles. The maximum atomic E-state index is 11.9. The third-order valence-corrected chi connectivity index (χ3v) is 4.33. The second-order valence-corrected chi connectivity index (χ2v) is 5.91. The molecule has 0 radical (unpaired) electrons. The molecular weight excluding hydrogens is 298 g/mol. The van der Waals surface area contributed by atoms with E-state index in [1.807, 2.05) is 0 Å². The third kappa shape index (κ3) is 1.97. The Hall–Kier alpha value is -1.92. The number of aromatic nitrogens is 1. The van der Waals surface area contributed by atoms with Crippen LogP contribution in [0.2, 0.25) is 5.02 Å². The van der Waals surface area contributed by atoms with Crippen molar-refractivity contribution < 1.29 is 9.59 Å². The zero-order chi connectivity index (χ0) is 14.4. The van der Waals surface area contributed by atoms with Gasteiger partial charge in [0.05, 0.1) is 10.2 Å². The molecule has 0 bridgehead atoms. The highest BCUT2D eigenvalue weighted by molar-refractivity contribution is 7.22. The van der Waals surface area contributed by atoms with Crippen LogP contribution in [0.3, 0.4) is 0 Å². The molecule has 0 fully saturated rings. The Kier molecular flexibility index (Phi) is 2.99. The summed E-state index contributed by atoms with van der Waals surface area (Å²) in [4.78, 5) is 28.2. The van der Waals surface area contributed by atoms with Gasteiger partial charge in [-0.2, -0.15) is 5.01 Å². The number of halogens is 1. The lowest BCUT2D eigenvalue weighted by Crippen LogP contribution is -2.36. The summed E-state index contributed by atoms with van der Waals surface area (Å²) in [5.74, 6) is -0.686. The Morgan fingerprint density at radius 2 is 1.85 bits per heavy atom. The molecule has 1 aliphatic heterocycles. The Bertz CT molecular complexity index is 757. The molecular formula is C13H10ClN3O2S. The predicted molar refractivity (Wildman–Crippen MR) is 78.5 cm³/mol. The van der Waals surface area contributed by atoms with E-state index < -0.39 is 0 Å². The van der Waals surface area contributed by atoms with E-state index >= 15 is 0 Å². The zero-order valence-corrected chi connectivity index (χ0v) is 12.3. The number of amides is 2. The van der Waals surface area contributed by atoms with Crippen LogP contribution in [0.5, 0.6) is 0 Å². The van der Waals surface area contributed by atoms with Crippen molar-refractivity contribution in [2.75, 3.05) is 5.43 Å². The van der Waals surface area contributed by atoms with Crippen LogP contribution in [0.15, 0.2) is 29.3 Å². The first-order valence-electron chi connectivity index (χ1n) is 5.86. The fraction of sp³-hybridized carbons (Fsp3) is 0.154. The Morgan fingerprint density at radius 1 is 1.20 bits per heavy atom. The predicted octanol–water partition coefficient (Wildman–Crippen LogP) is 2.98. The minimum absolute atomic E-state index is 0.343. The first-order chi connectivity index (χ1) is 9.47. The molecule has 0 saturated carbocycles. The van der Waals surface area contributed by atoms with E-state index in [1.54, 1.807) is 32.0 Å². The van der Waals surface area contributed by atoms with E-state index in [4.69, 9.17) is 11.6 Å².